The molecule has 1 aliphatic heterocycles. The van der Waals surface area contributed by atoms with Crippen LogP contribution in [0.25, 0.3) is 0 Å². The summed E-state index contributed by atoms with van der Waals surface area (Å²) < 4.78 is 0. The summed E-state index contributed by atoms with van der Waals surface area (Å²) in [6, 6.07) is 10.3. The summed E-state index contributed by atoms with van der Waals surface area (Å²) in [4.78, 5) is 24.7. The molecule has 0 bridgehead atoms. The van der Waals surface area contributed by atoms with Crippen LogP contribution in [-0.2, 0) is 24.2 Å². The largest absolute Gasteiger partial charge is 0.357 e. The maximum atomic E-state index is 12.4. The van der Waals surface area contributed by atoms with Crippen molar-refractivity contribution in [3.63, 3.8) is 0 Å². The second kappa shape index (κ2) is 12.9. The summed E-state index contributed by atoms with van der Waals surface area (Å²) in [5.41, 5.74) is 1.27. The minimum atomic E-state index is 0. The summed E-state index contributed by atoms with van der Waals surface area (Å²) in [7, 11) is 0. The van der Waals surface area contributed by atoms with Gasteiger partial charge < -0.3 is 15.5 Å². The molecule has 1 unspecified atom stereocenters. The number of nitrogens with zero attached hydrogens (tertiary/aromatic N) is 3. The number of hydrogen-bond acceptors (Lipinski definition) is 4. The van der Waals surface area contributed by atoms with Crippen molar-refractivity contribution < 1.29 is 4.79 Å². The number of likely N-dealkylation sites (tertiary alicyclic amines) is 1. The molecular weight excluding hydrogens is 509 g/mol. The van der Waals surface area contributed by atoms with Gasteiger partial charge in [-0.25, -0.2) is 9.98 Å². The zero-order valence-corrected chi connectivity index (χ0v) is 20.9. The van der Waals surface area contributed by atoms with Gasteiger partial charge in [-0.3, -0.25) is 4.79 Å². The first-order valence-corrected chi connectivity index (χ1v) is 11.3. The molecule has 2 heterocycles. The van der Waals surface area contributed by atoms with Gasteiger partial charge in [0.05, 0.1) is 6.54 Å². The molecule has 2 aromatic rings. The van der Waals surface area contributed by atoms with E-state index >= 15 is 0 Å². The maximum absolute atomic E-state index is 12.4. The first-order valence-electron chi connectivity index (χ1n) is 10.4. The van der Waals surface area contributed by atoms with Gasteiger partial charge in [0.1, 0.15) is 5.01 Å². The second-order valence-corrected chi connectivity index (χ2v) is 8.50. The number of hydrogen-bond donors (Lipinski definition) is 2. The van der Waals surface area contributed by atoms with Crippen LogP contribution in [0.15, 0.2) is 41.5 Å². The molecule has 164 valence electrons. The molecule has 1 aliphatic rings. The lowest BCUT2D eigenvalue weighted by Gasteiger charge is -2.18. The van der Waals surface area contributed by atoms with E-state index in [9.17, 15) is 4.79 Å². The minimum absolute atomic E-state index is 0. The normalized spacial score (nSPS) is 16.5. The van der Waals surface area contributed by atoms with Crippen molar-refractivity contribution in [2.75, 3.05) is 26.2 Å². The molecule has 1 fully saturated rings. The molecule has 0 saturated carbocycles. The van der Waals surface area contributed by atoms with Crippen molar-refractivity contribution in [3.8, 4) is 0 Å². The molecular formula is C22H32IN5OS. The highest BCUT2D eigenvalue weighted by atomic mass is 127. The third-order valence-corrected chi connectivity index (χ3v) is 6.16. The van der Waals surface area contributed by atoms with E-state index in [1.807, 2.05) is 29.3 Å². The Morgan fingerprint density at radius 2 is 2.07 bits per heavy atom. The summed E-state index contributed by atoms with van der Waals surface area (Å²) in [5, 5.41) is 7.72. The molecule has 1 saturated heterocycles. The van der Waals surface area contributed by atoms with Crippen LogP contribution < -0.4 is 10.6 Å². The summed E-state index contributed by atoms with van der Waals surface area (Å²) >= 11 is 1.72. The Hall–Kier alpha value is -1.68. The number of thiazole rings is 1. The van der Waals surface area contributed by atoms with Gasteiger partial charge in [-0.2, -0.15) is 0 Å². The topological polar surface area (TPSA) is 69.6 Å². The van der Waals surface area contributed by atoms with Gasteiger partial charge in [0, 0.05) is 49.6 Å². The number of aryl methyl sites for hydroxylation is 1. The monoisotopic (exact) mass is 541 g/mol. The van der Waals surface area contributed by atoms with Crippen LogP contribution in [0.2, 0.25) is 0 Å². The lowest BCUT2D eigenvalue weighted by molar-refractivity contribution is -0.127. The highest BCUT2D eigenvalue weighted by Crippen LogP contribution is 2.18. The smallest absolute Gasteiger partial charge is 0.223 e. The standard InChI is InChI=1S/C22H31N5OS.HI/c1-3-19-14-24-20(29-19)15-26-22(23-4-2)25-13-18-12-21(28)27(16-18)11-10-17-8-6-5-7-9-17;/h5-9,14,18H,3-4,10-13,15-16H2,1-2H3,(H2,23,25,26);1H. The fourth-order valence-corrected chi connectivity index (χ4v) is 4.22. The molecule has 30 heavy (non-hydrogen) atoms. The van der Waals surface area contributed by atoms with E-state index in [0.717, 1.165) is 50.0 Å². The number of amides is 1. The number of guanidine groups is 1. The molecule has 3 rings (SSSR count). The van der Waals surface area contributed by atoms with Gasteiger partial charge in [0.15, 0.2) is 5.96 Å². The lowest BCUT2D eigenvalue weighted by Crippen LogP contribution is -2.40. The third-order valence-electron chi connectivity index (χ3n) is 5.03. The molecule has 0 spiro atoms. The number of benzene rings is 1. The molecule has 1 amide bonds. The number of aromatic nitrogens is 1. The Morgan fingerprint density at radius 3 is 2.77 bits per heavy atom. The van der Waals surface area contributed by atoms with Crippen molar-refractivity contribution in [2.24, 2.45) is 10.9 Å². The predicted octanol–water partition coefficient (Wildman–Crippen LogP) is 3.47. The quantitative estimate of drug-likeness (QED) is 0.290. The summed E-state index contributed by atoms with van der Waals surface area (Å²) in [6.07, 6.45) is 4.46. The van der Waals surface area contributed by atoms with Crippen molar-refractivity contribution in [1.29, 1.82) is 0 Å². The van der Waals surface area contributed by atoms with Crippen molar-refractivity contribution in [1.82, 2.24) is 20.5 Å². The number of aliphatic imine (C=N–C) groups is 1. The van der Waals surface area contributed by atoms with E-state index in [-0.39, 0.29) is 29.9 Å². The fraction of sp³-hybridized carbons (Fsp3) is 0.500. The van der Waals surface area contributed by atoms with E-state index in [1.54, 1.807) is 11.3 Å². The van der Waals surface area contributed by atoms with Gasteiger partial charge in [-0.1, -0.05) is 37.3 Å². The molecule has 1 atom stereocenters. The minimum Gasteiger partial charge on any atom is -0.357 e. The van der Waals surface area contributed by atoms with Gasteiger partial charge >= 0.3 is 0 Å². The average Bonchev–Trinajstić information content (AvgIpc) is 3.35. The van der Waals surface area contributed by atoms with E-state index in [0.29, 0.717) is 18.9 Å². The van der Waals surface area contributed by atoms with Gasteiger partial charge in [-0.15, -0.1) is 35.3 Å². The molecule has 2 N–H and O–H groups in total. The number of carbonyl (C=O) groups excluding carboxylic acids is 1. The predicted molar refractivity (Wildman–Crippen MR) is 135 cm³/mol. The van der Waals surface area contributed by atoms with Crippen LogP contribution in [0.1, 0.15) is 35.7 Å². The molecule has 1 aromatic carbocycles. The van der Waals surface area contributed by atoms with Crippen LogP contribution in [0.3, 0.4) is 0 Å². The van der Waals surface area contributed by atoms with Crippen molar-refractivity contribution in [3.05, 3.63) is 52.0 Å². The van der Waals surface area contributed by atoms with Crippen molar-refractivity contribution in [2.45, 2.75) is 39.7 Å². The van der Waals surface area contributed by atoms with Gasteiger partial charge in [0.2, 0.25) is 5.91 Å². The maximum Gasteiger partial charge on any atom is 0.223 e. The van der Waals surface area contributed by atoms with E-state index < -0.39 is 0 Å². The second-order valence-electron chi connectivity index (χ2n) is 7.30. The number of carbonyl (C=O) groups is 1. The molecule has 1 aromatic heterocycles. The highest BCUT2D eigenvalue weighted by Gasteiger charge is 2.29. The Morgan fingerprint density at radius 1 is 1.27 bits per heavy atom. The SMILES string of the molecule is CCNC(=NCc1ncc(CC)s1)NCC1CC(=O)N(CCc2ccccc2)C1.I. The van der Waals surface area contributed by atoms with Crippen LogP contribution in [0.5, 0.6) is 0 Å². The zero-order valence-electron chi connectivity index (χ0n) is 17.8. The molecule has 6 nitrogen and oxygen atoms in total. The van der Waals surface area contributed by atoms with Crippen LogP contribution in [0, 0.1) is 5.92 Å². The van der Waals surface area contributed by atoms with Gasteiger partial charge in [0.25, 0.3) is 0 Å². The summed E-state index contributed by atoms with van der Waals surface area (Å²) in [6.45, 7) is 7.92. The third kappa shape index (κ3) is 7.54. The summed E-state index contributed by atoms with van der Waals surface area (Å²) in [5.74, 6) is 1.36. The number of nitrogens with one attached hydrogen (secondary N) is 2. The Bertz CT molecular complexity index is 811. The molecule has 0 radical (unpaired) electrons. The van der Waals surface area contributed by atoms with Gasteiger partial charge in [-0.05, 0) is 25.3 Å². The Kier molecular flexibility index (Phi) is 10.6. The zero-order chi connectivity index (χ0) is 20.5. The van der Waals surface area contributed by atoms with E-state index in [4.69, 9.17) is 0 Å². The molecule has 0 aliphatic carbocycles. The van der Waals surface area contributed by atoms with Crippen LogP contribution >= 0.6 is 35.3 Å². The van der Waals surface area contributed by atoms with Crippen LogP contribution in [0.4, 0.5) is 0 Å². The Balaban J connectivity index is 0.00000320. The average molecular weight is 542 g/mol. The first kappa shape index (κ1) is 24.6. The fourth-order valence-electron chi connectivity index (χ4n) is 3.43. The van der Waals surface area contributed by atoms with E-state index in [1.165, 1.54) is 10.4 Å². The highest BCUT2D eigenvalue weighted by molar-refractivity contribution is 14.0. The van der Waals surface area contributed by atoms with Crippen LogP contribution in [-0.4, -0.2) is 47.9 Å². The first-order chi connectivity index (χ1) is 14.2. The van der Waals surface area contributed by atoms with Crippen molar-refractivity contribution >= 4 is 47.2 Å². The Labute approximate surface area is 200 Å². The molecule has 8 heteroatoms. The number of halogens is 1. The van der Waals surface area contributed by atoms with E-state index in [2.05, 4.69) is 46.6 Å². The lowest BCUT2D eigenvalue weighted by atomic mass is 10.1. The number of rotatable bonds is 9.